The minimum Gasteiger partial charge on any atom is -0.497 e. The summed E-state index contributed by atoms with van der Waals surface area (Å²) in [5, 5.41) is 14.1. The summed E-state index contributed by atoms with van der Waals surface area (Å²) >= 11 is 0. The van der Waals surface area contributed by atoms with Crippen LogP contribution in [-0.2, 0) is 26.2 Å². The summed E-state index contributed by atoms with van der Waals surface area (Å²) in [6, 6.07) is 9.88. The Morgan fingerprint density at radius 3 is 2.49 bits per heavy atom. The highest BCUT2D eigenvalue weighted by Gasteiger charge is 2.31. The third-order valence-corrected chi connectivity index (χ3v) is 6.96. The number of nitro groups is 1. The molecule has 0 saturated heterocycles. The number of carbonyl (C=O) groups is 2. The van der Waals surface area contributed by atoms with Crippen LogP contribution < -0.4 is 14.4 Å². The lowest BCUT2D eigenvalue weighted by atomic mass is 10.1. The molecule has 2 rings (SSSR count). The Labute approximate surface area is 217 Å². The molecule has 0 unspecified atom stereocenters. The molecule has 0 radical (unpaired) electrons. The molecule has 1 N–H and O–H groups in total. The lowest BCUT2D eigenvalue weighted by Gasteiger charge is -2.32. The Kier molecular flexibility index (Phi) is 10.4. The summed E-state index contributed by atoms with van der Waals surface area (Å²) in [6.45, 7) is 4.98. The molecule has 11 nitrogen and oxygen atoms in total. The molecule has 202 valence electrons. The van der Waals surface area contributed by atoms with Crippen molar-refractivity contribution in [3.05, 3.63) is 63.7 Å². The molecule has 0 saturated carbocycles. The van der Waals surface area contributed by atoms with Crippen LogP contribution in [0.3, 0.4) is 0 Å². The zero-order valence-electron chi connectivity index (χ0n) is 21.8. The molecule has 0 bridgehead atoms. The minimum atomic E-state index is -4.02. The standard InChI is InChI=1S/C25H34N4O7S/c1-6-7-13-26-25(31)19(3)27(16-20-9-8-10-22(14-20)36-4)24(30)17-28(37(5,34)35)23-15-21(29(32)33)12-11-18(23)2/h8-12,14-15,19H,6-7,13,16-17H2,1-5H3,(H,26,31)/t19-/m0/s1. The van der Waals surface area contributed by atoms with E-state index < -0.39 is 33.4 Å². The van der Waals surface area contributed by atoms with Crippen LogP contribution in [0.5, 0.6) is 5.75 Å². The molecule has 0 fully saturated rings. The van der Waals surface area contributed by atoms with Crippen molar-refractivity contribution in [3.63, 3.8) is 0 Å². The van der Waals surface area contributed by atoms with Crippen molar-refractivity contribution in [2.24, 2.45) is 0 Å². The average Bonchev–Trinajstić information content (AvgIpc) is 2.85. The predicted molar refractivity (Wildman–Crippen MR) is 141 cm³/mol. The average molecular weight is 535 g/mol. The van der Waals surface area contributed by atoms with Gasteiger partial charge >= 0.3 is 0 Å². The number of benzene rings is 2. The number of rotatable bonds is 13. The number of anilines is 1. The third-order valence-electron chi connectivity index (χ3n) is 5.84. The van der Waals surface area contributed by atoms with E-state index >= 15 is 0 Å². The molecule has 12 heteroatoms. The Hall–Kier alpha value is -3.67. The summed E-state index contributed by atoms with van der Waals surface area (Å²) in [4.78, 5) is 38.4. The SMILES string of the molecule is CCCCNC(=O)[C@H](C)N(Cc1cccc(OC)c1)C(=O)CN(c1cc([N+](=O)[O-])ccc1C)S(C)(=O)=O. The molecule has 0 spiro atoms. The van der Waals surface area contributed by atoms with Crippen LogP contribution in [0.4, 0.5) is 11.4 Å². The van der Waals surface area contributed by atoms with E-state index in [4.69, 9.17) is 4.74 Å². The van der Waals surface area contributed by atoms with Gasteiger partial charge in [0.25, 0.3) is 5.69 Å². The van der Waals surface area contributed by atoms with E-state index in [0.29, 0.717) is 23.4 Å². The number of aryl methyl sites for hydroxylation is 1. The number of hydrogen-bond acceptors (Lipinski definition) is 7. The second kappa shape index (κ2) is 13.0. The van der Waals surface area contributed by atoms with Gasteiger partial charge in [-0.05, 0) is 43.5 Å². The number of nitro benzene ring substituents is 1. The molecule has 0 aromatic heterocycles. The Bertz CT molecular complexity index is 1230. The topological polar surface area (TPSA) is 139 Å². The maximum atomic E-state index is 13.6. The maximum absolute atomic E-state index is 13.6. The monoisotopic (exact) mass is 534 g/mol. The molecule has 2 aromatic rings. The Balaban J connectivity index is 2.46. The van der Waals surface area contributed by atoms with Gasteiger partial charge in [-0.3, -0.25) is 24.0 Å². The third kappa shape index (κ3) is 8.17. The van der Waals surface area contributed by atoms with Gasteiger partial charge in [-0.15, -0.1) is 0 Å². The Morgan fingerprint density at radius 1 is 1.19 bits per heavy atom. The van der Waals surface area contributed by atoms with Gasteiger partial charge in [0.1, 0.15) is 18.3 Å². The molecule has 2 amide bonds. The predicted octanol–water partition coefficient (Wildman–Crippen LogP) is 3.01. The second-order valence-corrected chi connectivity index (χ2v) is 10.6. The normalized spacial score (nSPS) is 11.9. The minimum absolute atomic E-state index is 0.0178. The highest BCUT2D eigenvalue weighted by Crippen LogP contribution is 2.28. The first-order valence-corrected chi connectivity index (χ1v) is 13.7. The molecule has 2 aromatic carbocycles. The number of ether oxygens (including phenoxy) is 1. The van der Waals surface area contributed by atoms with Crippen LogP contribution in [-0.4, -0.2) is 62.6 Å². The Morgan fingerprint density at radius 2 is 1.89 bits per heavy atom. The van der Waals surface area contributed by atoms with Crippen LogP contribution in [0.1, 0.15) is 37.8 Å². The molecular weight excluding hydrogens is 500 g/mol. The first-order chi connectivity index (χ1) is 17.4. The molecule has 0 heterocycles. The highest BCUT2D eigenvalue weighted by molar-refractivity contribution is 7.92. The summed E-state index contributed by atoms with van der Waals surface area (Å²) in [5.41, 5.74) is 0.830. The van der Waals surface area contributed by atoms with Gasteiger partial charge in [0.2, 0.25) is 21.8 Å². The van der Waals surface area contributed by atoms with Crippen molar-refractivity contribution in [1.29, 1.82) is 0 Å². The zero-order valence-corrected chi connectivity index (χ0v) is 22.6. The van der Waals surface area contributed by atoms with Gasteiger partial charge in [-0.1, -0.05) is 31.5 Å². The van der Waals surface area contributed by atoms with Gasteiger partial charge in [0.05, 0.1) is 24.0 Å². The number of nitrogens with zero attached hydrogens (tertiary/aromatic N) is 3. The van der Waals surface area contributed by atoms with Crippen LogP contribution in [0.25, 0.3) is 0 Å². The van der Waals surface area contributed by atoms with E-state index in [-0.39, 0.29) is 23.8 Å². The van der Waals surface area contributed by atoms with Crippen molar-refractivity contribution >= 4 is 33.2 Å². The summed E-state index contributed by atoms with van der Waals surface area (Å²) < 4.78 is 31.6. The van der Waals surface area contributed by atoms with Gasteiger partial charge < -0.3 is 15.0 Å². The van der Waals surface area contributed by atoms with Crippen LogP contribution in [0.2, 0.25) is 0 Å². The molecular formula is C25H34N4O7S. The molecule has 37 heavy (non-hydrogen) atoms. The second-order valence-electron chi connectivity index (χ2n) is 8.69. The fourth-order valence-corrected chi connectivity index (χ4v) is 4.56. The number of non-ortho nitro benzene ring substituents is 1. The lowest BCUT2D eigenvalue weighted by molar-refractivity contribution is -0.384. The van der Waals surface area contributed by atoms with Crippen LogP contribution in [0, 0.1) is 17.0 Å². The van der Waals surface area contributed by atoms with E-state index in [1.54, 1.807) is 38.1 Å². The zero-order chi connectivity index (χ0) is 27.8. The number of hydrogen-bond donors (Lipinski definition) is 1. The largest absolute Gasteiger partial charge is 0.497 e. The first-order valence-electron chi connectivity index (χ1n) is 11.8. The highest BCUT2D eigenvalue weighted by atomic mass is 32.2. The number of methoxy groups -OCH3 is 1. The molecule has 1 atom stereocenters. The maximum Gasteiger partial charge on any atom is 0.271 e. The number of sulfonamides is 1. The van der Waals surface area contributed by atoms with E-state index in [2.05, 4.69) is 5.32 Å². The van der Waals surface area contributed by atoms with Crippen LogP contribution in [0.15, 0.2) is 42.5 Å². The van der Waals surface area contributed by atoms with E-state index in [1.165, 1.54) is 24.1 Å². The fourth-order valence-electron chi connectivity index (χ4n) is 3.66. The smallest absolute Gasteiger partial charge is 0.271 e. The van der Waals surface area contributed by atoms with Gasteiger partial charge in [0, 0.05) is 25.2 Å². The van der Waals surface area contributed by atoms with Crippen molar-refractivity contribution in [2.45, 2.75) is 46.2 Å². The van der Waals surface area contributed by atoms with Crippen molar-refractivity contribution in [1.82, 2.24) is 10.2 Å². The number of nitrogens with one attached hydrogen (secondary N) is 1. The van der Waals surface area contributed by atoms with Gasteiger partial charge in [0.15, 0.2) is 0 Å². The van der Waals surface area contributed by atoms with Gasteiger partial charge in [-0.2, -0.15) is 0 Å². The van der Waals surface area contributed by atoms with Gasteiger partial charge in [-0.25, -0.2) is 8.42 Å². The summed E-state index contributed by atoms with van der Waals surface area (Å²) in [5.74, 6) is -0.450. The lowest BCUT2D eigenvalue weighted by Crippen LogP contribution is -2.51. The first kappa shape index (κ1) is 29.6. The fraction of sp³-hybridized carbons (Fsp3) is 0.440. The summed E-state index contributed by atoms with van der Waals surface area (Å²) in [6.07, 6.45) is 2.58. The van der Waals surface area contributed by atoms with E-state index in [1.807, 2.05) is 6.92 Å². The van der Waals surface area contributed by atoms with Crippen molar-refractivity contribution in [3.8, 4) is 5.75 Å². The number of carbonyl (C=O) groups excluding carboxylic acids is 2. The summed E-state index contributed by atoms with van der Waals surface area (Å²) in [7, 11) is -2.50. The van der Waals surface area contributed by atoms with Crippen LogP contribution >= 0.6 is 0 Å². The van der Waals surface area contributed by atoms with E-state index in [0.717, 1.165) is 29.5 Å². The van der Waals surface area contributed by atoms with Crippen molar-refractivity contribution < 1.29 is 27.7 Å². The number of unbranched alkanes of at least 4 members (excludes halogenated alkanes) is 1. The quantitative estimate of drug-likeness (QED) is 0.237. The molecule has 0 aliphatic rings. The number of amides is 2. The molecule has 0 aliphatic heterocycles. The van der Waals surface area contributed by atoms with E-state index in [9.17, 15) is 28.1 Å². The van der Waals surface area contributed by atoms with Crippen molar-refractivity contribution in [2.75, 3.05) is 30.8 Å². The molecule has 0 aliphatic carbocycles.